The van der Waals surface area contributed by atoms with Crippen molar-refractivity contribution >= 4 is 17.0 Å². The maximum Gasteiger partial charge on any atom is 0.417 e. The molecule has 1 amide bonds. The van der Waals surface area contributed by atoms with Crippen LogP contribution in [0.25, 0.3) is 10.9 Å². The fourth-order valence-corrected chi connectivity index (χ4v) is 3.13. The normalized spacial score (nSPS) is 13.7. The Labute approximate surface area is 144 Å². The van der Waals surface area contributed by atoms with Gasteiger partial charge in [-0.1, -0.05) is 30.3 Å². The summed E-state index contributed by atoms with van der Waals surface area (Å²) in [4.78, 5) is 18.3. The van der Waals surface area contributed by atoms with Crippen molar-refractivity contribution in [3.63, 3.8) is 0 Å². The molecular weight excluding hydrogens is 319 g/mol. The summed E-state index contributed by atoms with van der Waals surface area (Å²) in [5.41, 5.74) is 4.29. The fourth-order valence-electron chi connectivity index (χ4n) is 3.13. The van der Waals surface area contributed by atoms with Gasteiger partial charge in [-0.2, -0.15) is 0 Å². The van der Waals surface area contributed by atoms with E-state index in [0.717, 1.165) is 27.6 Å². The molecule has 0 radical (unpaired) electrons. The van der Waals surface area contributed by atoms with Crippen LogP contribution in [0.15, 0.2) is 42.5 Å². The average molecular weight is 336 g/mol. The smallest absolute Gasteiger partial charge is 0.391 e. The Bertz CT molecular complexity index is 1000. The van der Waals surface area contributed by atoms with Crippen molar-refractivity contribution in [1.82, 2.24) is 9.88 Å². The summed E-state index contributed by atoms with van der Waals surface area (Å²) >= 11 is 0. The van der Waals surface area contributed by atoms with Crippen molar-refractivity contribution in [1.29, 1.82) is 0 Å². The zero-order valence-electron chi connectivity index (χ0n) is 14.0. The second-order valence-electron chi connectivity index (χ2n) is 6.36. The van der Waals surface area contributed by atoms with Gasteiger partial charge in [-0.3, -0.25) is 4.90 Å². The number of hydrogen-bond donors (Lipinski definition) is 0. The second-order valence-corrected chi connectivity index (χ2v) is 6.36. The molecule has 0 aliphatic carbocycles. The van der Waals surface area contributed by atoms with Gasteiger partial charge in [0.15, 0.2) is 0 Å². The SMILES string of the molecule is Cc1ccc(C)c2nc3c(cc12)CN(Cc1ccccc1F)C(=O)O3. The molecule has 0 N–H and O–H groups in total. The van der Waals surface area contributed by atoms with Crippen molar-refractivity contribution in [2.75, 3.05) is 0 Å². The van der Waals surface area contributed by atoms with Crippen LogP contribution in [0.5, 0.6) is 5.88 Å². The zero-order chi connectivity index (χ0) is 17.6. The number of benzene rings is 2. The van der Waals surface area contributed by atoms with E-state index < -0.39 is 6.09 Å². The minimum Gasteiger partial charge on any atom is -0.391 e. The summed E-state index contributed by atoms with van der Waals surface area (Å²) in [5.74, 6) is 0.0141. The molecule has 25 heavy (non-hydrogen) atoms. The first-order valence-corrected chi connectivity index (χ1v) is 8.13. The van der Waals surface area contributed by atoms with E-state index in [2.05, 4.69) is 11.1 Å². The summed E-state index contributed by atoms with van der Waals surface area (Å²) in [7, 11) is 0. The van der Waals surface area contributed by atoms with Gasteiger partial charge in [0, 0.05) is 16.5 Å². The predicted octanol–water partition coefficient (Wildman–Crippen LogP) is 4.51. The summed E-state index contributed by atoms with van der Waals surface area (Å²) < 4.78 is 19.3. The van der Waals surface area contributed by atoms with E-state index in [0.29, 0.717) is 18.0 Å². The molecule has 1 aromatic heterocycles. The van der Waals surface area contributed by atoms with Crippen LogP contribution in [0.1, 0.15) is 22.3 Å². The van der Waals surface area contributed by atoms with Crippen molar-refractivity contribution in [3.05, 3.63) is 70.5 Å². The topological polar surface area (TPSA) is 42.4 Å². The lowest BCUT2D eigenvalue weighted by Crippen LogP contribution is -2.37. The molecule has 3 aromatic rings. The van der Waals surface area contributed by atoms with Crippen LogP contribution in [0.2, 0.25) is 0 Å². The quantitative estimate of drug-likeness (QED) is 0.692. The van der Waals surface area contributed by atoms with E-state index in [4.69, 9.17) is 4.74 Å². The first-order chi connectivity index (χ1) is 12.0. The van der Waals surface area contributed by atoms with Gasteiger partial charge in [-0.05, 0) is 37.1 Å². The maximum atomic E-state index is 13.9. The van der Waals surface area contributed by atoms with E-state index >= 15 is 0 Å². The minimum absolute atomic E-state index is 0.162. The third kappa shape index (κ3) is 2.71. The van der Waals surface area contributed by atoms with Crippen molar-refractivity contribution in [2.45, 2.75) is 26.9 Å². The van der Waals surface area contributed by atoms with Gasteiger partial charge in [0.05, 0.1) is 18.6 Å². The molecule has 2 heterocycles. The highest BCUT2D eigenvalue weighted by molar-refractivity contribution is 5.87. The van der Waals surface area contributed by atoms with Gasteiger partial charge >= 0.3 is 6.09 Å². The largest absolute Gasteiger partial charge is 0.417 e. The van der Waals surface area contributed by atoms with E-state index in [1.165, 1.54) is 11.0 Å². The molecule has 0 spiro atoms. The Kier molecular flexibility index (Phi) is 3.64. The Morgan fingerprint density at radius 2 is 1.92 bits per heavy atom. The Hall–Kier alpha value is -2.95. The molecule has 0 bridgehead atoms. The number of pyridine rings is 1. The molecular formula is C20H17FN2O2. The number of aromatic nitrogens is 1. The Morgan fingerprint density at radius 3 is 2.72 bits per heavy atom. The third-order valence-electron chi connectivity index (χ3n) is 4.57. The number of hydrogen-bond acceptors (Lipinski definition) is 3. The van der Waals surface area contributed by atoms with E-state index in [1.54, 1.807) is 18.2 Å². The standard InChI is InChI=1S/C20H17FN2O2/c1-12-7-8-13(2)18-16(12)9-15-11-23(20(24)25-19(15)22-18)10-14-5-3-4-6-17(14)21/h3-9H,10-11H2,1-2H3. The molecule has 0 atom stereocenters. The molecule has 0 unspecified atom stereocenters. The van der Waals surface area contributed by atoms with E-state index in [9.17, 15) is 9.18 Å². The molecule has 0 saturated heterocycles. The van der Waals surface area contributed by atoms with Crippen LogP contribution >= 0.6 is 0 Å². The molecule has 5 heteroatoms. The monoisotopic (exact) mass is 336 g/mol. The maximum absolute atomic E-state index is 13.9. The van der Waals surface area contributed by atoms with Crippen LogP contribution in [0.4, 0.5) is 9.18 Å². The van der Waals surface area contributed by atoms with Crippen LogP contribution < -0.4 is 4.74 Å². The van der Waals surface area contributed by atoms with Gasteiger partial charge in [0.1, 0.15) is 5.82 Å². The highest BCUT2D eigenvalue weighted by atomic mass is 19.1. The van der Waals surface area contributed by atoms with E-state index in [-0.39, 0.29) is 12.4 Å². The summed E-state index contributed by atoms with van der Waals surface area (Å²) in [6.07, 6.45) is -0.507. The molecule has 4 nitrogen and oxygen atoms in total. The van der Waals surface area contributed by atoms with Crippen molar-refractivity contribution in [2.24, 2.45) is 0 Å². The lowest BCUT2D eigenvalue weighted by Gasteiger charge is -2.28. The first-order valence-electron chi connectivity index (χ1n) is 8.13. The number of aryl methyl sites for hydroxylation is 2. The van der Waals surface area contributed by atoms with Crippen LogP contribution in [-0.4, -0.2) is 16.0 Å². The summed E-state index contributed by atoms with van der Waals surface area (Å²) in [6.45, 7) is 4.52. The van der Waals surface area contributed by atoms with Crippen molar-refractivity contribution in [3.8, 4) is 5.88 Å². The molecule has 0 fully saturated rings. The molecule has 126 valence electrons. The Balaban J connectivity index is 1.72. The fraction of sp³-hybridized carbons (Fsp3) is 0.200. The molecule has 4 rings (SSSR count). The van der Waals surface area contributed by atoms with Gasteiger partial charge in [-0.25, -0.2) is 14.2 Å². The van der Waals surface area contributed by atoms with Crippen LogP contribution in [0, 0.1) is 19.7 Å². The highest BCUT2D eigenvalue weighted by Crippen LogP contribution is 2.31. The number of carbonyl (C=O) groups is 1. The number of ether oxygens (including phenoxy) is 1. The van der Waals surface area contributed by atoms with Gasteiger partial charge in [0.2, 0.25) is 5.88 Å². The Morgan fingerprint density at radius 1 is 1.16 bits per heavy atom. The lowest BCUT2D eigenvalue weighted by molar-refractivity contribution is 0.132. The zero-order valence-corrected chi connectivity index (χ0v) is 14.0. The predicted molar refractivity (Wildman–Crippen MR) is 92.9 cm³/mol. The van der Waals surface area contributed by atoms with Gasteiger partial charge < -0.3 is 4.74 Å². The van der Waals surface area contributed by atoms with Gasteiger partial charge in [-0.15, -0.1) is 0 Å². The highest BCUT2D eigenvalue weighted by Gasteiger charge is 2.27. The second kappa shape index (κ2) is 5.84. The number of nitrogens with zero attached hydrogens (tertiary/aromatic N) is 2. The summed E-state index contributed by atoms with van der Waals surface area (Å²) in [6, 6.07) is 12.5. The minimum atomic E-state index is -0.507. The molecule has 1 aliphatic rings. The lowest BCUT2D eigenvalue weighted by atomic mass is 10.0. The van der Waals surface area contributed by atoms with Crippen LogP contribution in [-0.2, 0) is 13.1 Å². The number of amides is 1. The average Bonchev–Trinajstić information content (AvgIpc) is 2.60. The molecule has 1 aliphatic heterocycles. The van der Waals surface area contributed by atoms with E-state index in [1.807, 2.05) is 26.0 Å². The number of fused-ring (bicyclic) bond motifs is 2. The number of rotatable bonds is 2. The van der Waals surface area contributed by atoms with Crippen LogP contribution in [0.3, 0.4) is 0 Å². The molecule has 2 aromatic carbocycles. The first kappa shape index (κ1) is 15.6. The van der Waals surface area contributed by atoms with Crippen molar-refractivity contribution < 1.29 is 13.9 Å². The molecule has 0 saturated carbocycles. The third-order valence-corrected chi connectivity index (χ3v) is 4.57. The number of halogens is 1. The number of carbonyl (C=O) groups excluding carboxylic acids is 1. The van der Waals surface area contributed by atoms with Gasteiger partial charge in [0.25, 0.3) is 0 Å². The summed E-state index contributed by atoms with van der Waals surface area (Å²) in [5, 5.41) is 1.04.